The minimum absolute atomic E-state index is 0.0172. The lowest BCUT2D eigenvalue weighted by Crippen LogP contribution is -2.52. The number of carbonyl (C=O) groups excluding carboxylic acids is 1. The lowest BCUT2D eigenvalue weighted by molar-refractivity contribution is -0.122. The first-order valence-corrected chi connectivity index (χ1v) is 13.4. The third-order valence-electron chi connectivity index (χ3n) is 8.03. The lowest BCUT2D eigenvalue weighted by atomic mass is 9.92. The van der Waals surface area contributed by atoms with Gasteiger partial charge in [-0.25, -0.2) is 4.52 Å². The number of hydrogen-bond acceptors (Lipinski definition) is 5. The number of allylic oxidation sites excluding steroid dienone is 4. The summed E-state index contributed by atoms with van der Waals surface area (Å²) in [5, 5.41) is 4.86. The van der Waals surface area contributed by atoms with E-state index in [-0.39, 0.29) is 11.8 Å². The van der Waals surface area contributed by atoms with E-state index in [9.17, 15) is 4.79 Å². The molecule has 2 unspecified atom stereocenters. The van der Waals surface area contributed by atoms with Gasteiger partial charge in [-0.1, -0.05) is 19.9 Å². The van der Waals surface area contributed by atoms with E-state index < -0.39 is 0 Å². The minimum Gasteiger partial charge on any atom is -0.367 e. The molecule has 2 atom stereocenters. The molecular weight excluding hydrogens is 448 g/mol. The van der Waals surface area contributed by atoms with E-state index in [2.05, 4.69) is 59.8 Å². The van der Waals surface area contributed by atoms with Gasteiger partial charge in [0.15, 0.2) is 0 Å². The Morgan fingerprint density at radius 3 is 2.67 bits per heavy atom. The topological polar surface area (TPSA) is 57.0 Å². The van der Waals surface area contributed by atoms with E-state index >= 15 is 0 Å². The molecule has 2 fully saturated rings. The number of carbonyl (C=O) groups is 1. The summed E-state index contributed by atoms with van der Waals surface area (Å²) in [6, 6.07) is 3.42. The van der Waals surface area contributed by atoms with Crippen LogP contribution in [0.5, 0.6) is 0 Å². The van der Waals surface area contributed by atoms with Gasteiger partial charge in [0, 0.05) is 49.7 Å². The Balaban J connectivity index is 1.29. The van der Waals surface area contributed by atoms with Crippen molar-refractivity contribution in [3.8, 4) is 0 Å². The van der Waals surface area contributed by atoms with Crippen LogP contribution in [0.4, 0.5) is 0 Å². The summed E-state index contributed by atoms with van der Waals surface area (Å²) in [5.41, 5.74) is 6.91. The molecule has 1 saturated carbocycles. The van der Waals surface area contributed by atoms with E-state index in [1.807, 2.05) is 28.7 Å². The molecule has 1 saturated heterocycles. The molecule has 0 N–H and O–H groups in total. The highest BCUT2D eigenvalue weighted by Crippen LogP contribution is 2.34. The highest BCUT2D eigenvalue weighted by Gasteiger charge is 2.36. The molecule has 188 valence electrons. The quantitative estimate of drug-likeness (QED) is 0.647. The fourth-order valence-corrected chi connectivity index (χ4v) is 5.88. The Kier molecular flexibility index (Phi) is 5.83. The van der Waals surface area contributed by atoms with Crippen molar-refractivity contribution in [1.82, 2.24) is 29.3 Å². The van der Waals surface area contributed by atoms with Crippen LogP contribution < -0.4 is 0 Å². The Labute approximate surface area is 213 Å². The van der Waals surface area contributed by atoms with Crippen molar-refractivity contribution >= 4 is 17.0 Å². The van der Waals surface area contributed by atoms with Gasteiger partial charge in [-0.05, 0) is 69.2 Å². The zero-order valence-electron chi connectivity index (χ0n) is 21.8. The minimum atomic E-state index is -0.0172. The van der Waals surface area contributed by atoms with E-state index in [1.165, 1.54) is 12.8 Å². The fourth-order valence-electron chi connectivity index (χ4n) is 5.88. The summed E-state index contributed by atoms with van der Waals surface area (Å²) in [4.78, 5) is 25.2. The van der Waals surface area contributed by atoms with Crippen LogP contribution in [0.25, 0.3) is 11.1 Å². The molecule has 7 heteroatoms. The first-order chi connectivity index (χ1) is 17.4. The van der Waals surface area contributed by atoms with Gasteiger partial charge in [-0.2, -0.15) is 5.10 Å². The zero-order chi connectivity index (χ0) is 25.0. The number of hydrogen-bond donors (Lipinski definition) is 0. The number of nitrogens with zero attached hydrogens (tertiary/aromatic N) is 6. The van der Waals surface area contributed by atoms with Gasteiger partial charge in [0.05, 0.1) is 34.5 Å². The summed E-state index contributed by atoms with van der Waals surface area (Å²) in [6.45, 7) is 11.7. The number of aryl methyl sites for hydroxylation is 2. The monoisotopic (exact) mass is 484 g/mol. The summed E-state index contributed by atoms with van der Waals surface area (Å²) < 4.78 is 1.92. The maximum Gasteiger partial charge on any atom is 0.255 e. The van der Waals surface area contributed by atoms with Gasteiger partial charge in [-0.3, -0.25) is 19.6 Å². The summed E-state index contributed by atoms with van der Waals surface area (Å²) in [5.74, 6) is 0.166. The highest BCUT2D eigenvalue weighted by atomic mass is 16.2. The molecule has 0 radical (unpaired) electrons. The number of fused-ring (bicyclic) bond motifs is 2. The van der Waals surface area contributed by atoms with E-state index in [0.717, 1.165) is 78.1 Å². The maximum atomic E-state index is 13.6. The predicted octanol–water partition coefficient (Wildman–Crippen LogP) is 4.32. The molecular formula is C29H36N6O. The van der Waals surface area contributed by atoms with Crippen LogP contribution in [0.3, 0.4) is 0 Å². The van der Waals surface area contributed by atoms with Crippen LogP contribution in [0.15, 0.2) is 54.2 Å². The summed E-state index contributed by atoms with van der Waals surface area (Å²) >= 11 is 0. The van der Waals surface area contributed by atoms with Crippen LogP contribution in [-0.4, -0.2) is 66.9 Å². The van der Waals surface area contributed by atoms with Crippen molar-refractivity contribution in [2.24, 2.45) is 5.92 Å². The number of aromatic nitrogens is 3. The van der Waals surface area contributed by atoms with Crippen molar-refractivity contribution in [2.45, 2.75) is 65.5 Å². The molecule has 1 aliphatic carbocycles. The van der Waals surface area contributed by atoms with Crippen LogP contribution in [0, 0.1) is 12.8 Å². The highest BCUT2D eigenvalue weighted by molar-refractivity contribution is 5.98. The molecule has 0 bridgehead atoms. The second-order valence-corrected chi connectivity index (χ2v) is 10.8. The second-order valence-electron chi connectivity index (χ2n) is 10.8. The Bertz CT molecular complexity index is 1330. The van der Waals surface area contributed by atoms with Gasteiger partial charge >= 0.3 is 0 Å². The molecule has 6 rings (SSSR count). The number of piperazine rings is 1. The number of amides is 1. The molecule has 1 amide bonds. The fraction of sp³-hybridized carbons (Fsp3) is 0.483. The van der Waals surface area contributed by atoms with Gasteiger partial charge in [-0.15, -0.1) is 0 Å². The maximum absolute atomic E-state index is 13.6. The largest absolute Gasteiger partial charge is 0.367 e. The molecule has 5 heterocycles. The Hall–Kier alpha value is -3.19. The van der Waals surface area contributed by atoms with Crippen molar-refractivity contribution in [1.29, 1.82) is 0 Å². The van der Waals surface area contributed by atoms with Crippen molar-refractivity contribution in [3.05, 3.63) is 71.2 Å². The SMILES string of the molecule is CCc1nc(C)cn2nc(C3=CC(=O)N4C=C(N5CCN(C6CC6)C(C)C5)C=CC4=CCC3C)cc12. The van der Waals surface area contributed by atoms with Gasteiger partial charge in [0.25, 0.3) is 5.91 Å². The average Bonchev–Trinajstić information content (AvgIpc) is 3.62. The van der Waals surface area contributed by atoms with Crippen LogP contribution in [0.2, 0.25) is 0 Å². The molecule has 7 nitrogen and oxygen atoms in total. The first-order valence-electron chi connectivity index (χ1n) is 13.4. The standard InChI is InChI=1S/C29H36N6O/c1-5-26-28-15-27(31-35(28)16-20(3)30-26)25-14-29(36)34-18-24(11-10-23(34)7-6-19(25)2)32-12-13-33(21(4)17-32)22-8-9-22/h7,10-11,14-16,18-19,21-22H,5-6,8-9,12-13,17H2,1-4H3. The summed E-state index contributed by atoms with van der Waals surface area (Å²) in [7, 11) is 0. The molecule has 0 spiro atoms. The normalized spacial score (nSPS) is 25.3. The first kappa shape index (κ1) is 23.2. The Morgan fingerprint density at radius 2 is 1.92 bits per heavy atom. The van der Waals surface area contributed by atoms with Gasteiger partial charge in [0.2, 0.25) is 0 Å². The third kappa shape index (κ3) is 4.19. The second kappa shape index (κ2) is 9.04. The average molecular weight is 485 g/mol. The number of rotatable bonds is 4. The lowest BCUT2D eigenvalue weighted by Gasteiger charge is -2.42. The van der Waals surface area contributed by atoms with Crippen LogP contribution in [0.1, 0.15) is 57.1 Å². The molecule has 2 aromatic rings. The van der Waals surface area contributed by atoms with Crippen molar-refractivity contribution in [3.63, 3.8) is 0 Å². The van der Waals surface area contributed by atoms with Crippen molar-refractivity contribution in [2.75, 3.05) is 19.6 Å². The molecule has 36 heavy (non-hydrogen) atoms. The summed E-state index contributed by atoms with van der Waals surface area (Å²) in [6.07, 6.45) is 16.6. The van der Waals surface area contributed by atoms with Crippen LogP contribution >= 0.6 is 0 Å². The van der Waals surface area contributed by atoms with Crippen molar-refractivity contribution < 1.29 is 4.79 Å². The zero-order valence-corrected chi connectivity index (χ0v) is 21.8. The van der Waals surface area contributed by atoms with Gasteiger partial charge in [0.1, 0.15) is 0 Å². The van der Waals surface area contributed by atoms with E-state index in [1.54, 1.807) is 6.08 Å². The Morgan fingerprint density at radius 1 is 1.11 bits per heavy atom. The van der Waals surface area contributed by atoms with E-state index in [4.69, 9.17) is 5.10 Å². The van der Waals surface area contributed by atoms with E-state index in [0.29, 0.717) is 6.04 Å². The molecule has 3 aliphatic heterocycles. The third-order valence-corrected chi connectivity index (χ3v) is 8.03. The van der Waals surface area contributed by atoms with Crippen LogP contribution in [-0.2, 0) is 11.2 Å². The van der Waals surface area contributed by atoms with Gasteiger partial charge < -0.3 is 4.90 Å². The molecule has 0 aromatic carbocycles. The molecule has 4 aliphatic rings. The molecule has 2 aromatic heterocycles. The predicted molar refractivity (Wildman–Crippen MR) is 142 cm³/mol. The smallest absolute Gasteiger partial charge is 0.255 e.